The molecule has 3 heterocycles. The van der Waals surface area contributed by atoms with Gasteiger partial charge in [-0.05, 0) is 17.7 Å². The molecule has 30 heavy (non-hydrogen) atoms. The third kappa shape index (κ3) is 5.15. The fourth-order valence-electron chi connectivity index (χ4n) is 2.72. The molecule has 3 aromatic heterocycles. The van der Waals surface area contributed by atoms with Crippen LogP contribution in [0.2, 0.25) is 0 Å². The Labute approximate surface area is 178 Å². The smallest absolute Gasteiger partial charge is 0.271 e. The number of aryl methyl sites for hydroxylation is 1. The Bertz CT molecular complexity index is 1090. The molecule has 0 saturated heterocycles. The molecule has 0 aromatic carbocycles. The summed E-state index contributed by atoms with van der Waals surface area (Å²) >= 11 is 1.57. The molecule has 2 N–H and O–H groups in total. The summed E-state index contributed by atoms with van der Waals surface area (Å²) in [5, 5.41) is 16.1. The molecule has 3 rings (SSSR count). The molecule has 0 atom stereocenters. The van der Waals surface area contributed by atoms with E-state index in [1.54, 1.807) is 22.6 Å². The summed E-state index contributed by atoms with van der Waals surface area (Å²) in [6.07, 6.45) is 1.74. The van der Waals surface area contributed by atoms with Crippen molar-refractivity contribution in [1.82, 2.24) is 34.8 Å². The minimum atomic E-state index is -0.349. The molecule has 0 aliphatic heterocycles. The fourth-order valence-corrected chi connectivity index (χ4v) is 3.28. The molecule has 0 fully saturated rings. The summed E-state index contributed by atoms with van der Waals surface area (Å²) in [6, 6.07) is 2.73. The normalized spacial score (nSPS) is 11.2. The maximum absolute atomic E-state index is 12.3. The lowest BCUT2D eigenvalue weighted by atomic mass is 10.2. The zero-order valence-electron chi connectivity index (χ0n) is 17.5. The van der Waals surface area contributed by atoms with Crippen LogP contribution in [0.3, 0.4) is 0 Å². The SMILES string of the molecule is CCSc1nc(NCC(C)C)c2cnn(CCNC(=O)c3ccc(=O)n(C)n3)c2n1. The van der Waals surface area contributed by atoms with E-state index in [2.05, 4.69) is 51.6 Å². The zero-order chi connectivity index (χ0) is 21.7. The second-order valence-electron chi connectivity index (χ2n) is 7.10. The van der Waals surface area contributed by atoms with Gasteiger partial charge < -0.3 is 10.6 Å². The van der Waals surface area contributed by atoms with E-state index < -0.39 is 0 Å². The quantitative estimate of drug-likeness (QED) is 0.387. The summed E-state index contributed by atoms with van der Waals surface area (Å²) < 4.78 is 2.89. The minimum absolute atomic E-state index is 0.187. The van der Waals surface area contributed by atoms with Crippen LogP contribution in [0.1, 0.15) is 31.3 Å². The number of amides is 1. The lowest BCUT2D eigenvalue weighted by molar-refractivity contribution is 0.0944. The van der Waals surface area contributed by atoms with Crippen LogP contribution in [0.15, 0.2) is 28.3 Å². The number of rotatable bonds is 9. The first-order chi connectivity index (χ1) is 14.4. The van der Waals surface area contributed by atoms with Gasteiger partial charge in [-0.2, -0.15) is 10.2 Å². The van der Waals surface area contributed by atoms with Crippen molar-refractivity contribution in [2.24, 2.45) is 13.0 Å². The number of fused-ring (bicyclic) bond motifs is 1. The summed E-state index contributed by atoms with van der Waals surface area (Å²) in [5.41, 5.74) is 0.644. The van der Waals surface area contributed by atoms with Crippen molar-refractivity contribution in [3.05, 3.63) is 34.4 Å². The van der Waals surface area contributed by atoms with Crippen molar-refractivity contribution in [3.63, 3.8) is 0 Å². The highest BCUT2D eigenvalue weighted by Crippen LogP contribution is 2.24. The fraction of sp³-hybridized carbons (Fsp3) is 0.474. The first-order valence-corrected chi connectivity index (χ1v) is 10.8. The highest BCUT2D eigenvalue weighted by Gasteiger charge is 2.14. The molecule has 0 unspecified atom stereocenters. The zero-order valence-corrected chi connectivity index (χ0v) is 18.4. The molecular formula is C19H26N8O2S. The third-order valence-electron chi connectivity index (χ3n) is 4.23. The molecule has 0 bridgehead atoms. The van der Waals surface area contributed by atoms with Gasteiger partial charge in [0.1, 0.15) is 11.5 Å². The van der Waals surface area contributed by atoms with E-state index in [-0.39, 0.29) is 17.2 Å². The van der Waals surface area contributed by atoms with Crippen molar-refractivity contribution in [3.8, 4) is 0 Å². The van der Waals surface area contributed by atoms with Crippen LogP contribution in [0.4, 0.5) is 5.82 Å². The van der Waals surface area contributed by atoms with Gasteiger partial charge in [-0.25, -0.2) is 19.3 Å². The number of carbonyl (C=O) groups is 1. The van der Waals surface area contributed by atoms with Gasteiger partial charge in [0.15, 0.2) is 10.8 Å². The first-order valence-electron chi connectivity index (χ1n) is 9.81. The lowest BCUT2D eigenvalue weighted by Gasteiger charge is -2.11. The van der Waals surface area contributed by atoms with Crippen LogP contribution < -0.4 is 16.2 Å². The van der Waals surface area contributed by atoms with E-state index in [9.17, 15) is 9.59 Å². The van der Waals surface area contributed by atoms with E-state index in [4.69, 9.17) is 0 Å². The van der Waals surface area contributed by atoms with E-state index in [0.29, 0.717) is 24.2 Å². The number of hydrogen-bond donors (Lipinski definition) is 2. The van der Waals surface area contributed by atoms with E-state index in [0.717, 1.165) is 33.8 Å². The number of aromatic nitrogens is 6. The predicted molar refractivity (Wildman–Crippen MR) is 117 cm³/mol. The Morgan fingerprint density at radius 2 is 2.07 bits per heavy atom. The maximum atomic E-state index is 12.3. The Morgan fingerprint density at radius 3 is 2.77 bits per heavy atom. The molecule has 0 radical (unpaired) electrons. The van der Waals surface area contributed by atoms with Gasteiger partial charge in [-0.15, -0.1) is 0 Å². The Balaban J connectivity index is 1.74. The molecule has 160 valence electrons. The number of hydrogen-bond acceptors (Lipinski definition) is 8. The minimum Gasteiger partial charge on any atom is -0.369 e. The number of nitrogens with zero attached hydrogens (tertiary/aromatic N) is 6. The van der Waals surface area contributed by atoms with Crippen molar-refractivity contribution < 1.29 is 4.79 Å². The molecule has 3 aromatic rings. The summed E-state index contributed by atoms with van der Waals surface area (Å²) in [7, 11) is 1.51. The number of carbonyl (C=O) groups excluding carboxylic acids is 1. The first kappa shape index (κ1) is 21.8. The van der Waals surface area contributed by atoms with Gasteiger partial charge in [-0.3, -0.25) is 9.59 Å². The molecule has 0 saturated carbocycles. The van der Waals surface area contributed by atoms with Gasteiger partial charge in [0.2, 0.25) is 0 Å². The number of nitrogens with one attached hydrogen (secondary N) is 2. The second kappa shape index (κ2) is 9.70. The highest BCUT2D eigenvalue weighted by atomic mass is 32.2. The summed E-state index contributed by atoms with van der Waals surface area (Å²) in [6.45, 7) is 7.92. The topological polar surface area (TPSA) is 120 Å². The van der Waals surface area contributed by atoms with Gasteiger partial charge in [-0.1, -0.05) is 32.5 Å². The average Bonchev–Trinajstić information content (AvgIpc) is 3.11. The summed E-state index contributed by atoms with van der Waals surface area (Å²) in [5.74, 6) is 1.77. The largest absolute Gasteiger partial charge is 0.369 e. The highest BCUT2D eigenvalue weighted by molar-refractivity contribution is 7.99. The van der Waals surface area contributed by atoms with Crippen LogP contribution in [0.5, 0.6) is 0 Å². The Hall–Kier alpha value is -2.95. The Kier molecular flexibility index (Phi) is 7.03. The van der Waals surface area contributed by atoms with E-state index in [1.165, 1.54) is 19.2 Å². The molecule has 0 aliphatic rings. The van der Waals surface area contributed by atoms with Crippen LogP contribution in [0.25, 0.3) is 11.0 Å². The van der Waals surface area contributed by atoms with Crippen LogP contribution >= 0.6 is 11.8 Å². The van der Waals surface area contributed by atoms with Gasteiger partial charge in [0.05, 0.1) is 18.1 Å². The van der Waals surface area contributed by atoms with Crippen molar-refractivity contribution >= 4 is 34.5 Å². The average molecular weight is 431 g/mol. The van der Waals surface area contributed by atoms with Crippen LogP contribution in [-0.2, 0) is 13.6 Å². The van der Waals surface area contributed by atoms with Gasteiger partial charge in [0, 0.05) is 26.2 Å². The molecule has 0 aliphatic carbocycles. The maximum Gasteiger partial charge on any atom is 0.271 e. The standard InChI is InChI=1S/C19H26N8O2S/c1-5-30-19-23-16(21-10-12(2)3)13-11-22-27(17(13)24-19)9-8-20-18(29)14-6-7-15(28)26(4)25-14/h6-7,11-12H,5,8-10H2,1-4H3,(H,20,29)(H,21,23,24). The molecular weight excluding hydrogens is 404 g/mol. The van der Waals surface area contributed by atoms with Crippen LogP contribution in [0, 0.1) is 5.92 Å². The number of thioether (sulfide) groups is 1. The monoisotopic (exact) mass is 430 g/mol. The van der Waals surface area contributed by atoms with Gasteiger partial charge in [0.25, 0.3) is 11.5 Å². The molecule has 10 nitrogen and oxygen atoms in total. The van der Waals surface area contributed by atoms with Crippen molar-refractivity contribution in [2.75, 3.05) is 24.2 Å². The van der Waals surface area contributed by atoms with E-state index in [1.807, 2.05) is 0 Å². The predicted octanol–water partition coefficient (Wildman–Crippen LogP) is 1.53. The molecule has 11 heteroatoms. The van der Waals surface area contributed by atoms with Crippen LogP contribution in [-0.4, -0.2) is 54.3 Å². The van der Waals surface area contributed by atoms with Gasteiger partial charge >= 0.3 is 0 Å². The number of anilines is 1. The van der Waals surface area contributed by atoms with E-state index >= 15 is 0 Å². The van der Waals surface area contributed by atoms with Crippen molar-refractivity contribution in [1.29, 1.82) is 0 Å². The van der Waals surface area contributed by atoms with Crippen molar-refractivity contribution in [2.45, 2.75) is 32.5 Å². The Morgan fingerprint density at radius 1 is 1.27 bits per heavy atom. The second-order valence-corrected chi connectivity index (χ2v) is 8.34. The summed E-state index contributed by atoms with van der Waals surface area (Å²) in [4.78, 5) is 33.0. The molecule has 1 amide bonds. The lowest BCUT2D eigenvalue weighted by Crippen LogP contribution is -2.30. The molecule has 0 spiro atoms. The third-order valence-corrected chi connectivity index (χ3v) is 4.96.